The first kappa shape index (κ1) is 13.8. The minimum absolute atomic E-state index is 0.304. The van der Waals surface area contributed by atoms with Crippen LogP contribution in [-0.4, -0.2) is 27.8 Å². The summed E-state index contributed by atoms with van der Waals surface area (Å²) in [5, 5.41) is 3.29. The molecule has 1 atom stereocenters. The maximum absolute atomic E-state index is 5.54. The molecule has 0 saturated carbocycles. The number of hydrogen-bond donors (Lipinski definition) is 2. The van der Waals surface area contributed by atoms with E-state index in [9.17, 15) is 0 Å². The van der Waals surface area contributed by atoms with E-state index in [4.69, 9.17) is 15.2 Å². The Hall–Kier alpha value is -1.26. The first-order valence-electron chi connectivity index (χ1n) is 5.86. The Bertz CT molecular complexity index is 342. The molecule has 0 saturated heterocycles. The second-order valence-electron chi connectivity index (χ2n) is 3.89. The fourth-order valence-electron chi connectivity index (χ4n) is 1.87. The molecule has 4 heteroatoms. The van der Waals surface area contributed by atoms with Gasteiger partial charge in [-0.25, -0.2) is 0 Å². The van der Waals surface area contributed by atoms with Crippen LogP contribution in [0.1, 0.15) is 24.4 Å². The lowest BCUT2D eigenvalue weighted by atomic mass is 10.0. The topological polar surface area (TPSA) is 56.5 Å². The van der Waals surface area contributed by atoms with Crippen molar-refractivity contribution in [3.63, 3.8) is 0 Å². The fourth-order valence-corrected chi connectivity index (χ4v) is 1.87. The molecule has 0 spiro atoms. The van der Waals surface area contributed by atoms with Gasteiger partial charge in [-0.05, 0) is 44.1 Å². The summed E-state index contributed by atoms with van der Waals surface area (Å²) < 4.78 is 10.5. The second-order valence-corrected chi connectivity index (χ2v) is 3.89. The number of nitrogens with two attached hydrogens (primary N) is 1. The van der Waals surface area contributed by atoms with E-state index < -0.39 is 0 Å². The van der Waals surface area contributed by atoms with Crippen LogP contribution < -0.4 is 20.5 Å². The van der Waals surface area contributed by atoms with Crippen LogP contribution in [0.25, 0.3) is 0 Å². The van der Waals surface area contributed by atoms with Gasteiger partial charge < -0.3 is 20.5 Å². The Labute approximate surface area is 103 Å². The first-order chi connectivity index (χ1) is 8.26. The SMILES string of the molecule is CNC(CCCN)c1ccc(OC)c(OC)c1. The third-order valence-corrected chi connectivity index (χ3v) is 2.86. The van der Waals surface area contributed by atoms with Crippen molar-refractivity contribution in [2.45, 2.75) is 18.9 Å². The van der Waals surface area contributed by atoms with E-state index in [1.807, 2.05) is 19.2 Å². The van der Waals surface area contributed by atoms with Crippen molar-refractivity contribution >= 4 is 0 Å². The molecule has 1 unspecified atom stereocenters. The molecule has 96 valence electrons. The first-order valence-corrected chi connectivity index (χ1v) is 5.86. The van der Waals surface area contributed by atoms with Gasteiger partial charge in [0.2, 0.25) is 0 Å². The lowest BCUT2D eigenvalue weighted by Crippen LogP contribution is -2.17. The summed E-state index contributed by atoms with van der Waals surface area (Å²) in [7, 11) is 5.25. The van der Waals surface area contributed by atoms with E-state index in [1.165, 1.54) is 5.56 Å². The Kier molecular flexibility index (Phi) is 5.80. The van der Waals surface area contributed by atoms with E-state index in [2.05, 4.69) is 11.4 Å². The van der Waals surface area contributed by atoms with Crippen LogP contribution in [0.15, 0.2) is 18.2 Å². The quantitative estimate of drug-likeness (QED) is 0.759. The highest BCUT2D eigenvalue weighted by molar-refractivity contribution is 5.43. The van der Waals surface area contributed by atoms with Crippen molar-refractivity contribution in [3.8, 4) is 11.5 Å². The van der Waals surface area contributed by atoms with Crippen molar-refractivity contribution in [1.82, 2.24) is 5.32 Å². The molecule has 1 aromatic rings. The maximum Gasteiger partial charge on any atom is 0.161 e. The van der Waals surface area contributed by atoms with Crippen LogP contribution >= 0.6 is 0 Å². The number of nitrogens with one attached hydrogen (secondary N) is 1. The Morgan fingerprint density at radius 2 is 1.94 bits per heavy atom. The van der Waals surface area contributed by atoms with Crippen molar-refractivity contribution in [3.05, 3.63) is 23.8 Å². The summed E-state index contributed by atoms with van der Waals surface area (Å²) in [6.07, 6.45) is 2.02. The molecule has 0 aromatic heterocycles. The molecule has 4 nitrogen and oxygen atoms in total. The minimum Gasteiger partial charge on any atom is -0.493 e. The summed E-state index contributed by atoms with van der Waals surface area (Å²) in [6, 6.07) is 6.30. The molecule has 0 radical (unpaired) electrons. The number of ether oxygens (including phenoxy) is 2. The van der Waals surface area contributed by atoms with Gasteiger partial charge in [-0.15, -0.1) is 0 Å². The Balaban J connectivity index is 2.88. The summed E-state index contributed by atoms with van der Waals surface area (Å²) in [6.45, 7) is 0.714. The summed E-state index contributed by atoms with van der Waals surface area (Å²) in [5.41, 5.74) is 6.73. The zero-order chi connectivity index (χ0) is 12.7. The predicted octanol–water partition coefficient (Wildman–Crippen LogP) is 1.70. The van der Waals surface area contributed by atoms with Crippen molar-refractivity contribution in [1.29, 1.82) is 0 Å². The summed E-state index contributed by atoms with van der Waals surface area (Å²) >= 11 is 0. The monoisotopic (exact) mass is 238 g/mol. The molecule has 0 fully saturated rings. The molecular weight excluding hydrogens is 216 g/mol. The standard InChI is InChI=1S/C13H22N2O2/c1-15-11(5-4-8-14)10-6-7-12(16-2)13(9-10)17-3/h6-7,9,11,15H,4-5,8,14H2,1-3H3. The van der Waals surface area contributed by atoms with Gasteiger partial charge in [0.15, 0.2) is 11.5 Å². The van der Waals surface area contributed by atoms with Gasteiger partial charge in [0.05, 0.1) is 14.2 Å². The van der Waals surface area contributed by atoms with Crippen LogP contribution in [0.2, 0.25) is 0 Å². The average molecular weight is 238 g/mol. The van der Waals surface area contributed by atoms with Gasteiger partial charge in [-0.1, -0.05) is 6.07 Å². The molecule has 17 heavy (non-hydrogen) atoms. The van der Waals surface area contributed by atoms with Gasteiger partial charge in [0.25, 0.3) is 0 Å². The summed E-state index contributed by atoms with van der Waals surface area (Å²) in [4.78, 5) is 0. The van der Waals surface area contributed by atoms with E-state index in [1.54, 1.807) is 14.2 Å². The van der Waals surface area contributed by atoms with Crippen LogP contribution in [0.5, 0.6) is 11.5 Å². The Morgan fingerprint density at radius 1 is 1.24 bits per heavy atom. The average Bonchev–Trinajstić information content (AvgIpc) is 2.39. The van der Waals surface area contributed by atoms with Crippen LogP contribution in [-0.2, 0) is 0 Å². The molecule has 0 amide bonds. The smallest absolute Gasteiger partial charge is 0.161 e. The minimum atomic E-state index is 0.304. The van der Waals surface area contributed by atoms with Crippen LogP contribution in [0.3, 0.4) is 0 Å². The van der Waals surface area contributed by atoms with Gasteiger partial charge in [-0.2, -0.15) is 0 Å². The fraction of sp³-hybridized carbons (Fsp3) is 0.538. The summed E-state index contributed by atoms with van der Waals surface area (Å²) in [5.74, 6) is 1.52. The third kappa shape index (κ3) is 3.61. The number of benzene rings is 1. The predicted molar refractivity (Wildman–Crippen MR) is 69.6 cm³/mol. The zero-order valence-corrected chi connectivity index (χ0v) is 10.8. The lowest BCUT2D eigenvalue weighted by molar-refractivity contribution is 0.353. The van der Waals surface area contributed by atoms with Crippen molar-refractivity contribution in [2.24, 2.45) is 5.73 Å². The zero-order valence-electron chi connectivity index (χ0n) is 10.8. The third-order valence-electron chi connectivity index (χ3n) is 2.86. The maximum atomic E-state index is 5.54. The van der Waals surface area contributed by atoms with Gasteiger partial charge in [0.1, 0.15) is 0 Å². The highest BCUT2D eigenvalue weighted by Crippen LogP contribution is 2.30. The molecule has 1 aromatic carbocycles. The second kappa shape index (κ2) is 7.14. The van der Waals surface area contributed by atoms with Crippen LogP contribution in [0, 0.1) is 0 Å². The van der Waals surface area contributed by atoms with Gasteiger partial charge in [0, 0.05) is 6.04 Å². The van der Waals surface area contributed by atoms with E-state index in [0.29, 0.717) is 12.6 Å². The molecule has 0 heterocycles. The van der Waals surface area contributed by atoms with Crippen LogP contribution in [0.4, 0.5) is 0 Å². The molecule has 1 rings (SSSR count). The molecule has 0 aliphatic carbocycles. The molecule has 3 N–H and O–H groups in total. The Morgan fingerprint density at radius 3 is 2.47 bits per heavy atom. The van der Waals surface area contributed by atoms with Crippen molar-refractivity contribution in [2.75, 3.05) is 27.8 Å². The van der Waals surface area contributed by atoms with Gasteiger partial charge in [-0.3, -0.25) is 0 Å². The van der Waals surface area contributed by atoms with E-state index in [0.717, 1.165) is 24.3 Å². The molecule has 0 aliphatic heterocycles. The molecular formula is C13H22N2O2. The number of hydrogen-bond acceptors (Lipinski definition) is 4. The highest BCUT2D eigenvalue weighted by atomic mass is 16.5. The normalized spacial score (nSPS) is 12.2. The lowest BCUT2D eigenvalue weighted by Gasteiger charge is -2.18. The molecule has 0 bridgehead atoms. The van der Waals surface area contributed by atoms with Crippen molar-refractivity contribution < 1.29 is 9.47 Å². The van der Waals surface area contributed by atoms with E-state index >= 15 is 0 Å². The molecule has 0 aliphatic rings. The van der Waals surface area contributed by atoms with E-state index in [-0.39, 0.29) is 0 Å². The number of rotatable bonds is 7. The van der Waals surface area contributed by atoms with Gasteiger partial charge >= 0.3 is 0 Å². The number of methoxy groups -OCH3 is 2. The largest absolute Gasteiger partial charge is 0.493 e. The highest BCUT2D eigenvalue weighted by Gasteiger charge is 2.12.